The van der Waals surface area contributed by atoms with Crippen LogP contribution in [-0.2, 0) is 6.18 Å². The number of hydrogen-bond donors (Lipinski definition) is 0. The molecule has 0 heterocycles. The van der Waals surface area contributed by atoms with Gasteiger partial charge in [0, 0.05) is 15.1 Å². The Kier molecular flexibility index (Phi) is 4.82. The first kappa shape index (κ1) is 16.8. The lowest BCUT2D eigenvalue weighted by atomic mass is 9.97. The van der Waals surface area contributed by atoms with Crippen molar-refractivity contribution in [2.24, 2.45) is 0 Å². The van der Waals surface area contributed by atoms with E-state index in [0.29, 0.717) is 0 Å². The van der Waals surface area contributed by atoms with Crippen molar-refractivity contribution in [1.82, 2.24) is 0 Å². The minimum Gasteiger partial charge on any atom is -0.496 e. The van der Waals surface area contributed by atoms with Crippen molar-refractivity contribution in [3.63, 3.8) is 0 Å². The quantitative estimate of drug-likeness (QED) is 0.656. The number of carbonyl (C=O) groups is 1. The third-order valence-corrected chi connectivity index (χ3v) is 3.67. The van der Waals surface area contributed by atoms with Gasteiger partial charge in [-0.2, -0.15) is 13.2 Å². The Labute approximate surface area is 138 Å². The standard InChI is InChI=1S/C15H9BrClF3O2/c1-22-13-5-3-9(17)7-11(13)14(21)10-4-2-8(16)6-12(10)15(18,19)20/h2-7H,1H3. The van der Waals surface area contributed by atoms with Crippen molar-refractivity contribution in [2.45, 2.75) is 6.18 Å². The Morgan fingerprint density at radius 2 is 1.82 bits per heavy atom. The maximum Gasteiger partial charge on any atom is 0.417 e. The van der Waals surface area contributed by atoms with Crippen LogP contribution < -0.4 is 4.74 Å². The average Bonchev–Trinajstić information content (AvgIpc) is 2.45. The Morgan fingerprint density at radius 3 is 2.41 bits per heavy atom. The smallest absolute Gasteiger partial charge is 0.417 e. The van der Waals surface area contributed by atoms with Crippen LogP contribution in [0.3, 0.4) is 0 Å². The topological polar surface area (TPSA) is 26.3 Å². The largest absolute Gasteiger partial charge is 0.496 e. The van der Waals surface area contributed by atoms with Crippen LogP contribution in [0.4, 0.5) is 13.2 Å². The third-order valence-electron chi connectivity index (χ3n) is 2.94. The fourth-order valence-corrected chi connectivity index (χ4v) is 2.48. The van der Waals surface area contributed by atoms with E-state index in [0.717, 1.165) is 12.1 Å². The van der Waals surface area contributed by atoms with Crippen molar-refractivity contribution < 1.29 is 22.7 Å². The van der Waals surface area contributed by atoms with Crippen LogP contribution in [0.1, 0.15) is 21.5 Å². The summed E-state index contributed by atoms with van der Waals surface area (Å²) in [6.07, 6.45) is -4.65. The summed E-state index contributed by atoms with van der Waals surface area (Å²) in [6, 6.07) is 7.56. The highest BCUT2D eigenvalue weighted by atomic mass is 79.9. The zero-order valence-corrected chi connectivity index (χ0v) is 13.5. The number of benzene rings is 2. The molecule has 7 heteroatoms. The molecule has 0 saturated heterocycles. The molecule has 0 spiro atoms. The zero-order chi connectivity index (χ0) is 16.5. The first-order chi connectivity index (χ1) is 10.2. The van der Waals surface area contributed by atoms with E-state index >= 15 is 0 Å². The van der Waals surface area contributed by atoms with Crippen LogP contribution in [0.2, 0.25) is 5.02 Å². The summed E-state index contributed by atoms with van der Waals surface area (Å²) in [6.45, 7) is 0. The van der Waals surface area contributed by atoms with E-state index in [-0.39, 0.29) is 20.8 Å². The van der Waals surface area contributed by atoms with Gasteiger partial charge >= 0.3 is 6.18 Å². The summed E-state index contributed by atoms with van der Waals surface area (Å²) < 4.78 is 44.7. The van der Waals surface area contributed by atoms with Gasteiger partial charge in [0.05, 0.1) is 18.2 Å². The highest BCUT2D eigenvalue weighted by Crippen LogP contribution is 2.36. The number of halogens is 5. The maximum atomic E-state index is 13.1. The number of carbonyl (C=O) groups excluding carboxylic acids is 1. The monoisotopic (exact) mass is 392 g/mol. The predicted molar refractivity (Wildman–Crippen MR) is 80.6 cm³/mol. The van der Waals surface area contributed by atoms with Crippen molar-refractivity contribution in [3.8, 4) is 5.75 Å². The Balaban J connectivity index is 2.62. The summed E-state index contributed by atoms with van der Waals surface area (Å²) >= 11 is 8.80. The lowest BCUT2D eigenvalue weighted by Crippen LogP contribution is -2.14. The number of rotatable bonds is 3. The summed E-state index contributed by atoms with van der Waals surface area (Å²) in [5.74, 6) is -0.649. The van der Waals surface area contributed by atoms with Crippen LogP contribution in [0.15, 0.2) is 40.9 Å². The van der Waals surface area contributed by atoms with Gasteiger partial charge in [-0.05, 0) is 36.4 Å². The molecule has 0 amide bonds. The van der Waals surface area contributed by atoms with Crippen LogP contribution in [0, 0.1) is 0 Å². The summed E-state index contributed by atoms with van der Waals surface area (Å²) in [5.41, 5.74) is -1.51. The SMILES string of the molecule is COc1ccc(Cl)cc1C(=O)c1ccc(Br)cc1C(F)(F)F. The van der Waals surface area contributed by atoms with Gasteiger partial charge in [0.1, 0.15) is 5.75 Å². The van der Waals surface area contributed by atoms with Gasteiger partial charge in [-0.1, -0.05) is 27.5 Å². The molecule has 0 aliphatic carbocycles. The summed E-state index contributed by atoms with van der Waals surface area (Å²) in [7, 11) is 1.33. The van der Waals surface area contributed by atoms with E-state index in [9.17, 15) is 18.0 Å². The Morgan fingerprint density at radius 1 is 1.14 bits per heavy atom. The molecule has 0 aromatic heterocycles. The molecule has 0 atom stereocenters. The van der Waals surface area contributed by atoms with Crippen LogP contribution in [0.5, 0.6) is 5.75 Å². The summed E-state index contributed by atoms with van der Waals surface area (Å²) in [5, 5.41) is 0.231. The highest BCUT2D eigenvalue weighted by Gasteiger charge is 2.36. The fraction of sp³-hybridized carbons (Fsp3) is 0.133. The van der Waals surface area contributed by atoms with E-state index < -0.39 is 23.1 Å². The second-order valence-electron chi connectivity index (χ2n) is 4.36. The molecule has 0 radical (unpaired) electrons. The molecule has 0 aliphatic heterocycles. The molecule has 116 valence electrons. The first-order valence-electron chi connectivity index (χ1n) is 5.99. The lowest BCUT2D eigenvalue weighted by Gasteiger charge is -2.14. The van der Waals surface area contributed by atoms with Crippen LogP contribution in [-0.4, -0.2) is 12.9 Å². The van der Waals surface area contributed by atoms with Gasteiger partial charge in [0.2, 0.25) is 0 Å². The highest BCUT2D eigenvalue weighted by molar-refractivity contribution is 9.10. The van der Waals surface area contributed by atoms with Crippen molar-refractivity contribution in [2.75, 3.05) is 7.11 Å². The molecule has 22 heavy (non-hydrogen) atoms. The third kappa shape index (κ3) is 3.44. The molecule has 0 aliphatic rings. The van der Waals surface area contributed by atoms with Crippen LogP contribution in [0.25, 0.3) is 0 Å². The molecule has 0 fully saturated rings. The van der Waals surface area contributed by atoms with Crippen molar-refractivity contribution in [1.29, 1.82) is 0 Å². The first-order valence-corrected chi connectivity index (χ1v) is 7.16. The molecular weight excluding hydrogens is 385 g/mol. The second kappa shape index (κ2) is 6.30. The summed E-state index contributed by atoms with van der Waals surface area (Å²) in [4.78, 5) is 12.5. The van der Waals surface area contributed by atoms with E-state index in [1.807, 2.05) is 0 Å². The Hall–Kier alpha value is -1.53. The van der Waals surface area contributed by atoms with Gasteiger partial charge in [-0.25, -0.2) is 0 Å². The zero-order valence-electron chi connectivity index (χ0n) is 11.2. The fourth-order valence-electron chi connectivity index (χ4n) is 1.95. The second-order valence-corrected chi connectivity index (χ2v) is 5.71. The van der Waals surface area contributed by atoms with Gasteiger partial charge in [0.15, 0.2) is 5.78 Å². The van der Waals surface area contributed by atoms with E-state index in [2.05, 4.69) is 15.9 Å². The molecule has 0 bridgehead atoms. The lowest BCUT2D eigenvalue weighted by molar-refractivity contribution is -0.137. The number of ether oxygens (including phenoxy) is 1. The van der Waals surface area contributed by atoms with E-state index in [1.54, 1.807) is 0 Å². The molecular formula is C15H9BrClF3O2. The van der Waals surface area contributed by atoms with E-state index in [1.165, 1.54) is 31.4 Å². The molecule has 2 aromatic carbocycles. The molecule has 0 saturated carbocycles. The molecule has 2 rings (SSSR count). The number of hydrogen-bond acceptors (Lipinski definition) is 2. The van der Waals surface area contributed by atoms with Crippen molar-refractivity contribution in [3.05, 3.63) is 62.6 Å². The molecule has 2 aromatic rings. The minimum absolute atomic E-state index is 0.0252. The average molecular weight is 394 g/mol. The number of alkyl halides is 3. The van der Waals surface area contributed by atoms with Gasteiger partial charge in [0.25, 0.3) is 0 Å². The molecule has 0 N–H and O–H groups in total. The van der Waals surface area contributed by atoms with Gasteiger partial charge in [-0.3, -0.25) is 4.79 Å². The number of methoxy groups -OCH3 is 1. The molecule has 2 nitrogen and oxygen atoms in total. The Bertz CT molecular complexity index is 729. The van der Waals surface area contributed by atoms with Gasteiger partial charge < -0.3 is 4.74 Å². The normalized spacial score (nSPS) is 11.4. The number of ketones is 1. The maximum absolute atomic E-state index is 13.1. The van der Waals surface area contributed by atoms with Gasteiger partial charge in [-0.15, -0.1) is 0 Å². The van der Waals surface area contributed by atoms with Crippen LogP contribution >= 0.6 is 27.5 Å². The minimum atomic E-state index is -4.65. The van der Waals surface area contributed by atoms with E-state index in [4.69, 9.17) is 16.3 Å². The predicted octanol–water partition coefficient (Wildman–Crippen LogP) is 5.36. The molecule has 0 unspecified atom stereocenters. The van der Waals surface area contributed by atoms with Crippen molar-refractivity contribution >= 4 is 33.3 Å².